The van der Waals surface area contributed by atoms with Crippen molar-refractivity contribution in [2.24, 2.45) is 0 Å². The van der Waals surface area contributed by atoms with Crippen molar-refractivity contribution in [1.29, 1.82) is 0 Å². The number of rotatable bonds is 6. The average molecular weight is 313 g/mol. The van der Waals surface area contributed by atoms with E-state index in [0.29, 0.717) is 25.3 Å². The van der Waals surface area contributed by atoms with Crippen LogP contribution in [0.1, 0.15) is 32.0 Å². The second kappa shape index (κ2) is 6.96. The van der Waals surface area contributed by atoms with Crippen LogP contribution in [0.4, 0.5) is 0 Å². The number of fused-ring (bicyclic) bond motifs is 1. The minimum atomic E-state index is -0.118. The van der Waals surface area contributed by atoms with Gasteiger partial charge in [-0.1, -0.05) is 37.6 Å². The number of carbonyl (C=O) groups excluding carboxylic acids is 1. The molecule has 0 fully saturated rings. The highest BCUT2D eigenvalue weighted by Gasteiger charge is 2.23. The van der Waals surface area contributed by atoms with E-state index in [9.17, 15) is 9.90 Å². The zero-order valence-electron chi connectivity index (χ0n) is 13.5. The lowest BCUT2D eigenvalue weighted by Gasteiger charge is -2.24. The summed E-state index contributed by atoms with van der Waals surface area (Å²) in [5.41, 5.74) is 1.82. The Morgan fingerprint density at radius 3 is 3.00 bits per heavy atom. The molecule has 2 aromatic rings. The van der Waals surface area contributed by atoms with Crippen LogP contribution >= 0.6 is 0 Å². The molecule has 0 saturated heterocycles. The first-order chi connectivity index (χ1) is 11.2. The molecule has 1 amide bonds. The second-order valence-corrected chi connectivity index (χ2v) is 5.91. The minimum Gasteiger partial charge on any atom is -0.388 e. The SMILES string of the molecule is CCCC1C=CCN1C(=O)CCn1c(CO)nc2ccccc21. The highest BCUT2D eigenvalue weighted by molar-refractivity contribution is 5.79. The topological polar surface area (TPSA) is 58.4 Å². The zero-order valence-corrected chi connectivity index (χ0v) is 13.5. The Bertz CT molecular complexity index is 720. The van der Waals surface area contributed by atoms with Crippen LogP contribution in [0.3, 0.4) is 0 Å². The number of amides is 1. The van der Waals surface area contributed by atoms with Gasteiger partial charge in [-0.3, -0.25) is 4.79 Å². The normalized spacial score (nSPS) is 17.3. The summed E-state index contributed by atoms with van der Waals surface area (Å²) < 4.78 is 1.95. The van der Waals surface area contributed by atoms with Crippen molar-refractivity contribution in [3.8, 4) is 0 Å². The summed E-state index contributed by atoms with van der Waals surface area (Å²) in [7, 11) is 0. The average Bonchev–Trinajstić information content (AvgIpc) is 3.17. The van der Waals surface area contributed by atoms with Crippen LogP contribution in [0.15, 0.2) is 36.4 Å². The van der Waals surface area contributed by atoms with E-state index in [1.807, 2.05) is 33.7 Å². The van der Waals surface area contributed by atoms with Gasteiger partial charge in [0.25, 0.3) is 0 Å². The Kier molecular flexibility index (Phi) is 4.76. The first-order valence-corrected chi connectivity index (χ1v) is 8.25. The van der Waals surface area contributed by atoms with Crippen LogP contribution < -0.4 is 0 Å². The molecule has 1 atom stereocenters. The maximum atomic E-state index is 12.6. The smallest absolute Gasteiger partial charge is 0.225 e. The van der Waals surface area contributed by atoms with E-state index in [-0.39, 0.29) is 18.6 Å². The van der Waals surface area contributed by atoms with Gasteiger partial charge in [0.1, 0.15) is 12.4 Å². The minimum absolute atomic E-state index is 0.118. The monoisotopic (exact) mass is 313 g/mol. The maximum Gasteiger partial charge on any atom is 0.225 e. The number of para-hydroxylation sites is 2. The summed E-state index contributed by atoms with van der Waals surface area (Å²) in [5.74, 6) is 0.777. The van der Waals surface area contributed by atoms with Crippen LogP contribution in [0.25, 0.3) is 11.0 Å². The fraction of sp³-hybridized carbons (Fsp3) is 0.444. The van der Waals surface area contributed by atoms with Crippen molar-refractivity contribution < 1.29 is 9.90 Å². The predicted octanol–water partition coefficient (Wildman–Crippen LogP) is 2.49. The molecule has 5 nitrogen and oxygen atoms in total. The Labute approximate surface area is 136 Å². The lowest BCUT2D eigenvalue weighted by molar-refractivity contribution is -0.131. The van der Waals surface area contributed by atoms with E-state index in [4.69, 9.17) is 0 Å². The van der Waals surface area contributed by atoms with Gasteiger partial charge in [-0.05, 0) is 18.6 Å². The fourth-order valence-corrected chi connectivity index (χ4v) is 3.25. The number of hydrogen-bond donors (Lipinski definition) is 1. The first-order valence-electron chi connectivity index (χ1n) is 8.25. The fourth-order valence-electron chi connectivity index (χ4n) is 3.25. The standard InChI is InChI=1S/C18H23N3O2/c1-2-6-14-7-5-11-20(14)18(23)10-12-21-16-9-4-3-8-15(16)19-17(21)13-22/h3-5,7-9,14,22H,2,6,10-13H2,1H3. The molecule has 0 saturated carbocycles. The first kappa shape index (κ1) is 15.7. The van der Waals surface area contributed by atoms with Crippen LogP contribution in [0, 0.1) is 0 Å². The molecule has 3 rings (SSSR count). The van der Waals surface area contributed by atoms with Crippen LogP contribution in [0.5, 0.6) is 0 Å². The van der Waals surface area contributed by atoms with E-state index < -0.39 is 0 Å². The van der Waals surface area contributed by atoms with Gasteiger partial charge in [-0.2, -0.15) is 0 Å². The predicted molar refractivity (Wildman–Crippen MR) is 89.8 cm³/mol. The third-order valence-corrected chi connectivity index (χ3v) is 4.39. The van der Waals surface area contributed by atoms with Gasteiger partial charge in [0.15, 0.2) is 0 Å². The summed E-state index contributed by atoms with van der Waals surface area (Å²) in [6.45, 7) is 3.28. The molecule has 0 aliphatic carbocycles. The zero-order chi connectivity index (χ0) is 16.2. The molecule has 2 heterocycles. The highest BCUT2D eigenvalue weighted by atomic mass is 16.3. The van der Waals surface area contributed by atoms with Crippen LogP contribution in [-0.2, 0) is 17.9 Å². The van der Waals surface area contributed by atoms with Gasteiger partial charge in [-0.15, -0.1) is 0 Å². The molecule has 0 radical (unpaired) electrons. The van der Waals surface area contributed by atoms with Gasteiger partial charge < -0.3 is 14.6 Å². The number of aromatic nitrogens is 2. The number of nitrogens with zero attached hydrogens (tertiary/aromatic N) is 3. The van der Waals surface area contributed by atoms with E-state index in [1.165, 1.54) is 0 Å². The molecule has 1 aromatic carbocycles. The van der Waals surface area contributed by atoms with Crippen molar-refractivity contribution in [3.63, 3.8) is 0 Å². The van der Waals surface area contributed by atoms with Gasteiger partial charge in [0.05, 0.1) is 17.1 Å². The lowest BCUT2D eigenvalue weighted by atomic mass is 10.1. The van der Waals surface area contributed by atoms with Crippen molar-refractivity contribution in [1.82, 2.24) is 14.5 Å². The molecule has 1 aliphatic heterocycles. The van der Waals surface area contributed by atoms with Crippen molar-refractivity contribution >= 4 is 16.9 Å². The van der Waals surface area contributed by atoms with Crippen molar-refractivity contribution in [3.05, 3.63) is 42.2 Å². The molecule has 23 heavy (non-hydrogen) atoms. The summed E-state index contributed by atoms with van der Waals surface area (Å²) in [6, 6.07) is 8.02. The van der Waals surface area contributed by atoms with Crippen molar-refractivity contribution in [2.45, 2.75) is 45.4 Å². The van der Waals surface area contributed by atoms with Gasteiger partial charge in [0.2, 0.25) is 5.91 Å². The molecule has 1 unspecified atom stereocenters. The molecular weight excluding hydrogens is 290 g/mol. The van der Waals surface area contributed by atoms with Crippen LogP contribution in [-0.4, -0.2) is 38.1 Å². The number of carbonyl (C=O) groups is 1. The lowest BCUT2D eigenvalue weighted by Crippen LogP contribution is -2.36. The van der Waals surface area contributed by atoms with Gasteiger partial charge in [-0.25, -0.2) is 4.98 Å². The maximum absolute atomic E-state index is 12.6. The Morgan fingerprint density at radius 1 is 1.39 bits per heavy atom. The number of benzene rings is 1. The molecule has 5 heteroatoms. The number of imidazole rings is 1. The largest absolute Gasteiger partial charge is 0.388 e. The van der Waals surface area contributed by atoms with E-state index in [2.05, 4.69) is 24.1 Å². The van der Waals surface area contributed by atoms with Gasteiger partial charge >= 0.3 is 0 Å². The third kappa shape index (κ3) is 3.15. The van der Waals surface area contributed by atoms with Gasteiger partial charge in [0, 0.05) is 19.5 Å². The Morgan fingerprint density at radius 2 is 2.22 bits per heavy atom. The number of aryl methyl sites for hydroxylation is 1. The third-order valence-electron chi connectivity index (χ3n) is 4.39. The number of aliphatic hydroxyl groups excluding tert-OH is 1. The molecule has 1 N–H and O–H groups in total. The summed E-state index contributed by atoms with van der Waals surface area (Å²) in [5, 5.41) is 9.52. The molecule has 1 aromatic heterocycles. The summed E-state index contributed by atoms with van der Waals surface area (Å²) in [4.78, 5) is 18.9. The summed E-state index contributed by atoms with van der Waals surface area (Å²) >= 11 is 0. The Balaban J connectivity index is 1.72. The Hall–Kier alpha value is -2.14. The number of hydrogen-bond acceptors (Lipinski definition) is 3. The molecule has 0 bridgehead atoms. The second-order valence-electron chi connectivity index (χ2n) is 5.91. The summed E-state index contributed by atoms with van der Waals surface area (Å²) in [6.07, 6.45) is 6.71. The quantitative estimate of drug-likeness (QED) is 0.834. The van der Waals surface area contributed by atoms with E-state index >= 15 is 0 Å². The number of aliphatic hydroxyl groups is 1. The van der Waals surface area contributed by atoms with E-state index in [0.717, 1.165) is 23.9 Å². The molecular formula is C18H23N3O2. The molecule has 1 aliphatic rings. The van der Waals surface area contributed by atoms with Crippen molar-refractivity contribution in [2.75, 3.05) is 6.54 Å². The molecule has 0 spiro atoms. The highest BCUT2D eigenvalue weighted by Crippen LogP contribution is 2.19. The van der Waals surface area contributed by atoms with Crippen LogP contribution in [0.2, 0.25) is 0 Å². The van der Waals surface area contributed by atoms with E-state index in [1.54, 1.807) is 0 Å². The molecule has 122 valence electrons.